The lowest BCUT2D eigenvalue weighted by Crippen LogP contribution is -2.48. The van der Waals surface area contributed by atoms with E-state index in [4.69, 9.17) is 9.16 Å². The van der Waals surface area contributed by atoms with Crippen LogP contribution in [0.1, 0.15) is 85.1 Å². The minimum absolute atomic E-state index is 0.0526. The molecule has 1 fully saturated rings. The number of esters is 1. The Morgan fingerprint density at radius 1 is 1.11 bits per heavy atom. The van der Waals surface area contributed by atoms with Crippen LogP contribution in [-0.2, 0) is 24.7 Å². The van der Waals surface area contributed by atoms with Gasteiger partial charge in [-0.05, 0) is 51.2 Å². The van der Waals surface area contributed by atoms with Crippen LogP contribution in [0.4, 0.5) is 8.78 Å². The summed E-state index contributed by atoms with van der Waals surface area (Å²) < 4.78 is 43.0. The molecule has 1 amide bonds. The number of unbranched alkanes of at least 4 members (excludes halogenated alkanes) is 3. The van der Waals surface area contributed by atoms with Gasteiger partial charge in [-0.15, -0.1) is 0 Å². The number of nitrogens with zero attached hydrogens (tertiary/aromatic N) is 1. The smallest absolute Gasteiger partial charge is 0.306 e. The fourth-order valence-corrected chi connectivity index (χ4v) is 5.47. The van der Waals surface area contributed by atoms with Crippen LogP contribution in [-0.4, -0.2) is 49.9 Å². The predicted molar refractivity (Wildman–Crippen MR) is 151 cm³/mol. The molecular formula is C30H47F2NO4Si. The maximum Gasteiger partial charge on any atom is 0.306 e. The molecule has 0 radical (unpaired) electrons. The van der Waals surface area contributed by atoms with E-state index in [9.17, 15) is 9.59 Å². The molecule has 38 heavy (non-hydrogen) atoms. The van der Waals surface area contributed by atoms with E-state index >= 15 is 8.78 Å². The molecule has 0 unspecified atom stereocenters. The number of halogens is 2. The average molecular weight is 552 g/mol. The Kier molecular flexibility index (Phi) is 11.7. The van der Waals surface area contributed by atoms with Crippen molar-refractivity contribution in [1.29, 1.82) is 0 Å². The molecule has 8 heteroatoms. The van der Waals surface area contributed by atoms with Crippen molar-refractivity contribution >= 4 is 20.2 Å². The molecule has 214 valence electrons. The van der Waals surface area contributed by atoms with Crippen molar-refractivity contribution in [1.82, 2.24) is 4.90 Å². The number of hydrogen-bond acceptors (Lipinski definition) is 4. The highest BCUT2D eigenvalue weighted by Crippen LogP contribution is 2.42. The number of carbonyl (C=O) groups excluding carboxylic acids is 2. The molecule has 0 spiro atoms. The molecule has 0 aromatic heterocycles. The molecule has 0 aliphatic carbocycles. The van der Waals surface area contributed by atoms with Gasteiger partial charge in [-0.3, -0.25) is 9.59 Å². The summed E-state index contributed by atoms with van der Waals surface area (Å²) in [5.74, 6) is -3.34. The zero-order valence-electron chi connectivity index (χ0n) is 24.3. The van der Waals surface area contributed by atoms with E-state index in [0.29, 0.717) is 25.8 Å². The minimum Gasteiger partial charge on any atom is -0.463 e. The lowest BCUT2D eigenvalue weighted by atomic mass is 10.0. The summed E-state index contributed by atoms with van der Waals surface area (Å²) in [6.45, 7) is 14.3. The SMILES string of the molecule is CC(C)OC(=O)CCCCCCN1C(=O)CC[C@@H]1/C=C/[C@@H](O[Si](C)(C)C(C)(C)C)C(F)(F)c1ccccc1. The van der Waals surface area contributed by atoms with Crippen molar-refractivity contribution in [2.45, 2.75) is 122 Å². The summed E-state index contributed by atoms with van der Waals surface area (Å²) in [6, 6.07) is 7.59. The van der Waals surface area contributed by atoms with E-state index in [1.54, 1.807) is 29.2 Å². The van der Waals surface area contributed by atoms with Crippen LogP contribution in [0.15, 0.2) is 42.5 Å². The van der Waals surface area contributed by atoms with Crippen LogP contribution in [0, 0.1) is 0 Å². The molecule has 1 aliphatic rings. The van der Waals surface area contributed by atoms with E-state index in [2.05, 4.69) is 0 Å². The number of likely N-dealkylation sites (tertiary alicyclic amines) is 1. The van der Waals surface area contributed by atoms with Gasteiger partial charge < -0.3 is 14.1 Å². The number of benzene rings is 1. The Labute approximate surface area is 229 Å². The molecule has 1 saturated heterocycles. The summed E-state index contributed by atoms with van der Waals surface area (Å²) in [5, 5.41) is -0.229. The van der Waals surface area contributed by atoms with E-state index in [-0.39, 0.29) is 34.6 Å². The first-order valence-electron chi connectivity index (χ1n) is 13.9. The van der Waals surface area contributed by atoms with Gasteiger partial charge in [-0.25, -0.2) is 0 Å². The summed E-state index contributed by atoms with van der Waals surface area (Å²) in [4.78, 5) is 26.0. The Balaban J connectivity index is 2.06. The third-order valence-electron chi connectivity index (χ3n) is 7.52. The highest BCUT2D eigenvalue weighted by molar-refractivity contribution is 6.74. The third-order valence-corrected chi connectivity index (χ3v) is 12.0. The molecule has 2 atom stereocenters. The maximum atomic E-state index is 15.8. The first-order valence-corrected chi connectivity index (χ1v) is 16.8. The van der Waals surface area contributed by atoms with Crippen molar-refractivity contribution in [3.63, 3.8) is 0 Å². The van der Waals surface area contributed by atoms with E-state index in [1.807, 2.05) is 47.7 Å². The average Bonchev–Trinajstić information content (AvgIpc) is 3.17. The Hall–Kier alpha value is -2.06. The second-order valence-corrected chi connectivity index (χ2v) is 16.8. The zero-order chi connectivity index (χ0) is 28.6. The van der Waals surface area contributed by atoms with E-state index in [0.717, 1.165) is 25.7 Å². The quantitative estimate of drug-likeness (QED) is 0.103. The highest BCUT2D eigenvalue weighted by atomic mass is 28.4. The molecular weight excluding hydrogens is 504 g/mol. The normalized spacial score (nSPS) is 18.0. The van der Waals surface area contributed by atoms with Gasteiger partial charge in [-0.2, -0.15) is 8.78 Å². The standard InChI is InChI=1S/C30H47F2NO4Si/c1-23(2)36-28(35)17-13-8-9-14-22-33-25(19-21-27(33)34)18-20-26(37-38(6,7)29(3,4)5)30(31,32)24-15-11-10-12-16-24/h10-12,15-16,18,20,23,25-26H,8-9,13-14,17,19,21-22H2,1-7H3/b20-18+/t25-,26+/m0/s1. The van der Waals surface area contributed by atoms with E-state index < -0.39 is 20.3 Å². The molecule has 1 aromatic rings. The van der Waals surface area contributed by atoms with Gasteiger partial charge in [-0.1, -0.05) is 76.1 Å². The molecule has 2 rings (SSSR count). The van der Waals surface area contributed by atoms with Crippen LogP contribution in [0.3, 0.4) is 0 Å². The van der Waals surface area contributed by atoms with Crippen molar-refractivity contribution in [3.05, 3.63) is 48.0 Å². The highest BCUT2D eigenvalue weighted by Gasteiger charge is 2.47. The predicted octanol–water partition coefficient (Wildman–Crippen LogP) is 7.62. The summed E-state index contributed by atoms with van der Waals surface area (Å²) in [6.07, 6.45) is 6.47. The number of hydrogen-bond donors (Lipinski definition) is 0. The number of amides is 1. The molecule has 1 aliphatic heterocycles. The van der Waals surface area contributed by atoms with Crippen LogP contribution in [0.25, 0.3) is 0 Å². The summed E-state index contributed by atoms with van der Waals surface area (Å²) >= 11 is 0. The zero-order valence-corrected chi connectivity index (χ0v) is 25.3. The number of rotatable bonds is 14. The van der Waals surface area contributed by atoms with Gasteiger partial charge in [0.1, 0.15) is 6.10 Å². The molecule has 0 saturated carbocycles. The van der Waals surface area contributed by atoms with Crippen molar-refractivity contribution in [3.8, 4) is 0 Å². The minimum atomic E-state index is -3.21. The van der Waals surface area contributed by atoms with Gasteiger partial charge in [0.2, 0.25) is 5.91 Å². The first-order chi connectivity index (χ1) is 17.6. The van der Waals surface area contributed by atoms with Crippen LogP contribution < -0.4 is 0 Å². The summed E-state index contributed by atoms with van der Waals surface area (Å²) in [5.41, 5.74) is -0.0787. The van der Waals surface area contributed by atoms with Crippen molar-refractivity contribution in [2.24, 2.45) is 0 Å². The topological polar surface area (TPSA) is 55.8 Å². The van der Waals surface area contributed by atoms with Crippen LogP contribution in [0.2, 0.25) is 18.1 Å². The van der Waals surface area contributed by atoms with Crippen LogP contribution >= 0.6 is 0 Å². The fourth-order valence-electron chi connectivity index (χ4n) is 4.26. The summed E-state index contributed by atoms with van der Waals surface area (Å²) in [7, 11) is -2.51. The van der Waals surface area contributed by atoms with Gasteiger partial charge in [0.15, 0.2) is 8.32 Å². The second-order valence-electron chi connectivity index (χ2n) is 12.1. The molecule has 1 aromatic carbocycles. The molecule has 0 N–H and O–H groups in total. The van der Waals surface area contributed by atoms with Crippen molar-refractivity contribution < 1.29 is 27.5 Å². The largest absolute Gasteiger partial charge is 0.463 e. The lowest BCUT2D eigenvalue weighted by Gasteiger charge is -2.40. The maximum absolute atomic E-state index is 15.8. The molecule has 0 bridgehead atoms. The molecule has 5 nitrogen and oxygen atoms in total. The number of carbonyl (C=O) groups is 2. The first kappa shape index (κ1) is 32.2. The van der Waals surface area contributed by atoms with Crippen LogP contribution in [0.5, 0.6) is 0 Å². The monoisotopic (exact) mass is 551 g/mol. The second kappa shape index (κ2) is 13.8. The van der Waals surface area contributed by atoms with Gasteiger partial charge >= 0.3 is 11.9 Å². The van der Waals surface area contributed by atoms with Gasteiger partial charge in [0, 0.05) is 24.9 Å². The van der Waals surface area contributed by atoms with E-state index in [1.165, 1.54) is 18.2 Å². The Bertz CT molecular complexity index is 928. The third kappa shape index (κ3) is 9.29. The van der Waals surface area contributed by atoms with Crippen molar-refractivity contribution in [2.75, 3.05) is 6.54 Å². The number of ether oxygens (including phenoxy) is 1. The fraction of sp³-hybridized carbons (Fsp3) is 0.667. The molecule has 1 heterocycles. The Morgan fingerprint density at radius 3 is 2.34 bits per heavy atom. The lowest BCUT2D eigenvalue weighted by molar-refractivity contribution is -0.147. The van der Waals surface area contributed by atoms with Gasteiger partial charge in [0.25, 0.3) is 0 Å². The van der Waals surface area contributed by atoms with Gasteiger partial charge in [0.05, 0.1) is 12.1 Å². The number of alkyl halides is 2. The Morgan fingerprint density at radius 2 is 1.74 bits per heavy atom.